The van der Waals surface area contributed by atoms with E-state index in [1.807, 2.05) is 18.3 Å². The summed E-state index contributed by atoms with van der Waals surface area (Å²) in [7, 11) is 0. The molecule has 0 aliphatic heterocycles. The highest BCUT2D eigenvalue weighted by atomic mass is 15.1. The molecule has 0 radical (unpaired) electrons. The summed E-state index contributed by atoms with van der Waals surface area (Å²) in [6.45, 7) is 2.15. The normalized spacial score (nSPS) is 11.2. The van der Waals surface area contributed by atoms with Crippen LogP contribution in [0.5, 0.6) is 0 Å². The summed E-state index contributed by atoms with van der Waals surface area (Å²) in [5, 5.41) is 2.56. The maximum absolute atomic E-state index is 4.53. The van der Waals surface area contributed by atoms with E-state index < -0.39 is 0 Å². The topological polar surface area (TPSA) is 17.8 Å². The van der Waals surface area contributed by atoms with Crippen LogP contribution in [0.2, 0.25) is 0 Å². The van der Waals surface area contributed by atoms with Crippen LogP contribution in [0, 0.1) is 6.92 Å². The van der Waals surface area contributed by atoms with Crippen molar-refractivity contribution in [3.63, 3.8) is 0 Å². The Labute approximate surface area is 117 Å². The maximum atomic E-state index is 4.53. The molecule has 4 rings (SSSR count). The quantitative estimate of drug-likeness (QED) is 0.492. The predicted octanol–water partition coefficient (Wildman–Crippen LogP) is 4.49. The lowest BCUT2D eigenvalue weighted by atomic mass is 10.1. The molecule has 0 fully saturated rings. The molecule has 0 saturated heterocycles. The number of hydrogen-bond acceptors (Lipinski definition) is 1. The van der Waals surface area contributed by atoms with Crippen molar-refractivity contribution < 1.29 is 0 Å². The molecule has 0 aliphatic carbocycles. The summed E-state index contributed by atoms with van der Waals surface area (Å²) in [5.41, 5.74) is 3.72. The fourth-order valence-electron chi connectivity index (χ4n) is 2.91. The van der Waals surface area contributed by atoms with Gasteiger partial charge in [0.25, 0.3) is 0 Å². The zero-order valence-corrected chi connectivity index (χ0v) is 11.2. The average Bonchev–Trinajstić information content (AvgIpc) is 2.84. The van der Waals surface area contributed by atoms with E-state index in [4.69, 9.17) is 0 Å². The summed E-state index contributed by atoms with van der Waals surface area (Å²) in [6, 6.07) is 21.0. The Kier molecular flexibility index (Phi) is 2.36. The van der Waals surface area contributed by atoms with Crippen molar-refractivity contribution >= 4 is 21.8 Å². The molecule has 2 heterocycles. The molecule has 0 spiro atoms. The second-order valence-corrected chi connectivity index (χ2v) is 5.01. The molecule has 4 aromatic rings. The number of hydrogen-bond donors (Lipinski definition) is 0. The van der Waals surface area contributed by atoms with Crippen molar-refractivity contribution in [1.82, 2.24) is 9.55 Å². The number of aromatic nitrogens is 2. The number of fused-ring (bicyclic) bond motifs is 3. The number of rotatable bonds is 1. The van der Waals surface area contributed by atoms with E-state index in [1.54, 1.807) is 0 Å². The van der Waals surface area contributed by atoms with E-state index in [2.05, 4.69) is 65.0 Å². The Hall–Kier alpha value is -2.61. The molecule has 96 valence electrons. The Morgan fingerprint density at radius 3 is 2.45 bits per heavy atom. The van der Waals surface area contributed by atoms with Crippen molar-refractivity contribution in [3.8, 4) is 5.82 Å². The van der Waals surface area contributed by atoms with E-state index in [1.165, 1.54) is 27.4 Å². The van der Waals surface area contributed by atoms with Crippen LogP contribution in [0.15, 0.2) is 66.9 Å². The first-order chi connectivity index (χ1) is 9.86. The van der Waals surface area contributed by atoms with Crippen molar-refractivity contribution in [3.05, 3.63) is 72.4 Å². The SMILES string of the molecule is Cc1cccc2c3ccccc3n(-c3ccccn3)c12. The van der Waals surface area contributed by atoms with Crippen molar-refractivity contribution in [1.29, 1.82) is 0 Å². The largest absolute Gasteiger partial charge is 0.294 e. The van der Waals surface area contributed by atoms with Crippen LogP contribution >= 0.6 is 0 Å². The van der Waals surface area contributed by atoms with Crippen LogP contribution in [0.4, 0.5) is 0 Å². The molecular formula is C18H14N2. The average molecular weight is 258 g/mol. The van der Waals surface area contributed by atoms with E-state index in [-0.39, 0.29) is 0 Å². The van der Waals surface area contributed by atoms with E-state index in [9.17, 15) is 0 Å². The zero-order chi connectivity index (χ0) is 13.5. The van der Waals surface area contributed by atoms with E-state index >= 15 is 0 Å². The molecule has 0 N–H and O–H groups in total. The monoisotopic (exact) mass is 258 g/mol. The van der Waals surface area contributed by atoms with Crippen LogP contribution in [0.3, 0.4) is 0 Å². The third kappa shape index (κ3) is 1.48. The van der Waals surface area contributed by atoms with Crippen molar-refractivity contribution in [2.24, 2.45) is 0 Å². The molecule has 0 aliphatic rings. The first-order valence-corrected chi connectivity index (χ1v) is 6.76. The summed E-state index contributed by atoms with van der Waals surface area (Å²) in [4.78, 5) is 4.53. The van der Waals surface area contributed by atoms with Gasteiger partial charge in [0, 0.05) is 17.0 Å². The third-order valence-electron chi connectivity index (χ3n) is 3.77. The van der Waals surface area contributed by atoms with Gasteiger partial charge in [-0.05, 0) is 30.7 Å². The first-order valence-electron chi connectivity index (χ1n) is 6.76. The fraction of sp³-hybridized carbons (Fsp3) is 0.0556. The summed E-state index contributed by atoms with van der Waals surface area (Å²) in [5.74, 6) is 0.966. The van der Waals surface area contributed by atoms with Gasteiger partial charge in [0.1, 0.15) is 5.82 Å². The van der Waals surface area contributed by atoms with Gasteiger partial charge in [-0.1, -0.05) is 42.5 Å². The van der Waals surface area contributed by atoms with Crippen molar-refractivity contribution in [2.75, 3.05) is 0 Å². The predicted molar refractivity (Wildman–Crippen MR) is 83.3 cm³/mol. The number of aryl methyl sites for hydroxylation is 1. The molecule has 0 unspecified atom stereocenters. The smallest absolute Gasteiger partial charge is 0.137 e. The summed E-state index contributed by atoms with van der Waals surface area (Å²) < 4.78 is 2.25. The molecule has 2 nitrogen and oxygen atoms in total. The number of pyridine rings is 1. The van der Waals surface area contributed by atoms with Gasteiger partial charge in [0.05, 0.1) is 11.0 Å². The Morgan fingerprint density at radius 2 is 1.60 bits per heavy atom. The minimum Gasteiger partial charge on any atom is -0.294 e. The molecule has 0 saturated carbocycles. The Morgan fingerprint density at radius 1 is 0.800 bits per heavy atom. The van der Waals surface area contributed by atoms with E-state index in [0.29, 0.717) is 0 Å². The zero-order valence-electron chi connectivity index (χ0n) is 11.2. The molecule has 2 aromatic heterocycles. The fourth-order valence-corrected chi connectivity index (χ4v) is 2.91. The van der Waals surface area contributed by atoms with Crippen LogP contribution in [-0.4, -0.2) is 9.55 Å². The molecular weight excluding hydrogens is 244 g/mol. The molecule has 0 atom stereocenters. The van der Waals surface area contributed by atoms with Gasteiger partial charge < -0.3 is 0 Å². The van der Waals surface area contributed by atoms with Gasteiger partial charge in [-0.3, -0.25) is 4.57 Å². The Balaban J connectivity index is 2.27. The lowest BCUT2D eigenvalue weighted by Crippen LogP contribution is -1.97. The first kappa shape index (κ1) is 11.2. The lowest BCUT2D eigenvalue weighted by molar-refractivity contribution is 1.07. The number of benzene rings is 2. The van der Waals surface area contributed by atoms with E-state index in [0.717, 1.165) is 5.82 Å². The lowest BCUT2D eigenvalue weighted by Gasteiger charge is -2.07. The van der Waals surface area contributed by atoms with Crippen molar-refractivity contribution in [2.45, 2.75) is 6.92 Å². The summed E-state index contributed by atoms with van der Waals surface area (Å²) >= 11 is 0. The minimum absolute atomic E-state index is 0.966. The molecule has 2 heteroatoms. The molecule has 2 aromatic carbocycles. The maximum Gasteiger partial charge on any atom is 0.137 e. The van der Waals surface area contributed by atoms with Crippen LogP contribution < -0.4 is 0 Å². The molecule has 20 heavy (non-hydrogen) atoms. The van der Waals surface area contributed by atoms with Gasteiger partial charge in [0.2, 0.25) is 0 Å². The van der Waals surface area contributed by atoms with Crippen LogP contribution in [0.1, 0.15) is 5.56 Å². The number of para-hydroxylation sites is 2. The second-order valence-electron chi connectivity index (χ2n) is 5.01. The van der Waals surface area contributed by atoms with Gasteiger partial charge in [-0.15, -0.1) is 0 Å². The van der Waals surface area contributed by atoms with Gasteiger partial charge in [-0.25, -0.2) is 4.98 Å². The highest BCUT2D eigenvalue weighted by Gasteiger charge is 2.13. The summed E-state index contributed by atoms with van der Waals surface area (Å²) in [6.07, 6.45) is 1.84. The third-order valence-corrected chi connectivity index (χ3v) is 3.77. The highest BCUT2D eigenvalue weighted by molar-refractivity contribution is 6.10. The second kappa shape index (κ2) is 4.20. The van der Waals surface area contributed by atoms with Gasteiger partial charge in [0.15, 0.2) is 0 Å². The van der Waals surface area contributed by atoms with Crippen LogP contribution in [0.25, 0.3) is 27.6 Å². The van der Waals surface area contributed by atoms with Gasteiger partial charge >= 0.3 is 0 Å². The Bertz CT molecular complexity index is 905. The van der Waals surface area contributed by atoms with Crippen LogP contribution in [-0.2, 0) is 0 Å². The minimum atomic E-state index is 0.966. The highest BCUT2D eigenvalue weighted by Crippen LogP contribution is 2.32. The standard InChI is InChI=1S/C18H14N2/c1-13-7-6-9-15-14-8-2-3-10-16(14)20(18(13)15)17-11-4-5-12-19-17/h2-12H,1H3. The molecule has 0 bridgehead atoms. The number of nitrogens with zero attached hydrogens (tertiary/aromatic N) is 2. The molecule has 0 amide bonds. The van der Waals surface area contributed by atoms with Gasteiger partial charge in [-0.2, -0.15) is 0 Å².